The summed E-state index contributed by atoms with van der Waals surface area (Å²) < 4.78 is 7.39. The van der Waals surface area contributed by atoms with Crippen molar-refractivity contribution < 1.29 is 4.74 Å². The van der Waals surface area contributed by atoms with Gasteiger partial charge in [-0.15, -0.1) is 0 Å². The minimum absolute atomic E-state index is 0.489. The molecule has 3 heteroatoms. The highest BCUT2D eigenvalue weighted by atomic mass is 16.5. The molecular formula is C11H12N2O. The van der Waals surface area contributed by atoms with Crippen molar-refractivity contribution in [2.75, 3.05) is 13.2 Å². The lowest BCUT2D eigenvalue weighted by Gasteiger charge is -2.27. The number of aryl methyl sites for hydroxylation is 1. The maximum absolute atomic E-state index is 5.18. The van der Waals surface area contributed by atoms with Crippen LogP contribution in [0.4, 0.5) is 0 Å². The van der Waals surface area contributed by atoms with Crippen molar-refractivity contribution >= 4 is 11.0 Å². The molecule has 0 spiro atoms. The van der Waals surface area contributed by atoms with Crippen LogP contribution in [0.25, 0.3) is 11.0 Å². The smallest absolute Gasteiger partial charge is 0.140 e. The minimum atomic E-state index is 0.489. The Hall–Kier alpha value is -1.35. The van der Waals surface area contributed by atoms with Crippen molar-refractivity contribution in [3.63, 3.8) is 0 Å². The molecule has 0 atom stereocenters. The topological polar surface area (TPSA) is 27.1 Å². The van der Waals surface area contributed by atoms with Gasteiger partial charge in [-0.25, -0.2) is 4.98 Å². The highest BCUT2D eigenvalue weighted by Crippen LogP contribution is 2.23. The van der Waals surface area contributed by atoms with Crippen molar-refractivity contribution in [2.24, 2.45) is 0 Å². The molecule has 0 aliphatic carbocycles. The summed E-state index contributed by atoms with van der Waals surface area (Å²) in [6, 6.07) is 4.77. The largest absolute Gasteiger partial charge is 0.377 e. The summed E-state index contributed by atoms with van der Waals surface area (Å²) in [6.07, 6.45) is 4.02. The third kappa shape index (κ3) is 1.06. The molecule has 3 nitrogen and oxygen atoms in total. The van der Waals surface area contributed by atoms with Crippen LogP contribution < -0.4 is 0 Å². The van der Waals surface area contributed by atoms with Gasteiger partial charge in [0.25, 0.3) is 0 Å². The number of rotatable bonds is 1. The van der Waals surface area contributed by atoms with E-state index in [1.54, 1.807) is 0 Å². The molecule has 1 aliphatic rings. The van der Waals surface area contributed by atoms with E-state index in [9.17, 15) is 0 Å². The molecule has 1 saturated heterocycles. The molecule has 1 aliphatic heterocycles. The van der Waals surface area contributed by atoms with Crippen LogP contribution in [0.15, 0.2) is 24.5 Å². The normalized spacial score (nSPS) is 17.2. The standard InChI is InChI=1S/C11H12N2O/c1-8-4-9-2-3-13(10-6-14-7-10)11(9)12-5-8/h2-5,10H,6-7H2,1H3. The first-order valence-corrected chi connectivity index (χ1v) is 4.85. The highest BCUT2D eigenvalue weighted by molar-refractivity contribution is 5.76. The van der Waals surface area contributed by atoms with Crippen LogP contribution in [-0.2, 0) is 4.74 Å². The van der Waals surface area contributed by atoms with E-state index in [1.807, 2.05) is 6.20 Å². The quantitative estimate of drug-likeness (QED) is 0.683. The van der Waals surface area contributed by atoms with E-state index in [2.05, 4.69) is 34.8 Å². The van der Waals surface area contributed by atoms with E-state index >= 15 is 0 Å². The van der Waals surface area contributed by atoms with E-state index < -0.39 is 0 Å². The summed E-state index contributed by atoms with van der Waals surface area (Å²) in [4.78, 5) is 4.45. The van der Waals surface area contributed by atoms with E-state index in [0.717, 1.165) is 18.9 Å². The van der Waals surface area contributed by atoms with Gasteiger partial charge in [0.2, 0.25) is 0 Å². The van der Waals surface area contributed by atoms with Gasteiger partial charge in [0, 0.05) is 17.8 Å². The molecule has 3 heterocycles. The second-order valence-electron chi connectivity index (χ2n) is 3.84. The lowest BCUT2D eigenvalue weighted by molar-refractivity contribution is -0.0216. The second kappa shape index (κ2) is 2.82. The lowest BCUT2D eigenvalue weighted by Crippen LogP contribution is -2.30. The third-order valence-corrected chi connectivity index (χ3v) is 2.70. The molecule has 0 bridgehead atoms. The van der Waals surface area contributed by atoms with Gasteiger partial charge in [-0.05, 0) is 24.6 Å². The maximum Gasteiger partial charge on any atom is 0.140 e. The summed E-state index contributed by atoms with van der Waals surface area (Å²) in [5.41, 5.74) is 2.28. The summed E-state index contributed by atoms with van der Waals surface area (Å²) in [5.74, 6) is 0. The van der Waals surface area contributed by atoms with E-state index in [4.69, 9.17) is 4.74 Å². The molecule has 0 aromatic carbocycles. The van der Waals surface area contributed by atoms with Crippen LogP contribution in [0.1, 0.15) is 11.6 Å². The molecular weight excluding hydrogens is 176 g/mol. The molecule has 0 unspecified atom stereocenters. The zero-order chi connectivity index (χ0) is 9.54. The number of pyridine rings is 1. The molecule has 72 valence electrons. The Morgan fingerprint density at radius 1 is 1.50 bits per heavy atom. The Bertz CT molecular complexity index is 471. The van der Waals surface area contributed by atoms with Crippen LogP contribution in [0.2, 0.25) is 0 Å². The molecule has 0 amide bonds. The number of nitrogens with zero attached hydrogens (tertiary/aromatic N) is 2. The first kappa shape index (κ1) is 8.00. The maximum atomic E-state index is 5.18. The summed E-state index contributed by atoms with van der Waals surface area (Å²) >= 11 is 0. The molecule has 3 rings (SSSR count). The Kier molecular flexibility index (Phi) is 1.61. The van der Waals surface area contributed by atoms with E-state index in [-0.39, 0.29) is 0 Å². The predicted octanol–water partition coefficient (Wildman–Crippen LogP) is 1.92. The number of fused-ring (bicyclic) bond motifs is 1. The Balaban J connectivity index is 2.16. The van der Waals surface area contributed by atoms with Gasteiger partial charge in [-0.3, -0.25) is 0 Å². The van der Waals surface area contributed by atoms with Crippen LogP contribution in [0.5, 0.6) is 0 Å². The van der Waals surface area contributed by atoms with Crippen molar-refractivity contribution in [2.45, 2.75) is 13.0 Å². The lowest BCUT2D eigenvalue weighted by atomic mass is 10.2. The number of hydrogen-bond acceptors (Lipinski definition) is 2. The molecule has 0 saturated carbocycles. The summed E-state index contributed by atoms with van der Waals surface area (Å²) in [5, 5.41) is 1.22. The zero-order valence-corrected chi connectivity index (χ0v) is 8.10. The average Bonchev–Trinajstić information content (AvgIpc) is 2.45. The fraction of sp³-hybridized carbons (Fsp3) is 0.364. The third-order valence-electron chi connectivity index (χ3n) is 2.70. The molecule has 2 aromatic heterocycles. The Morgan fingerprint density at radius 3 is 3.07 bits per heavy atom. The van der Waals surface area contributed by atoms with Gasteiger partial charge in [0.1, 0.15) is 5.65 Å². The Labute approximate surface area is 82.3 Å². The molecule has 0 radical (unpaired) electrons. The average molecular weight is 188 g/mol. The fourth-order valence-corrected chi connectivity index (χ4v) is 1.83. The van der Waals surface area contributed by atoms with Crippen molar-refractivity contribution in [3.05, 3.63) is 30.1 Å². The van der Waals surface area contributed by atoms with Crippen LogP contribution in [-0.4, -0.2) is 22.8 Å². The van der Waals surface area contributed by atoms with Crippen molar-refractivity contribution in [1.82, 2.24) is 9.55 Å². The zero-order valence-electron chi connectivity index (χ0n) is 8.10. The summed E-state index contributed by atoms with van der Waals surface area (Å²) in [6.45, 7) is 3.70. The Morgan fingerprint density at radius 2 is 2.36 bits per heavy atom. The number of aromatic nitrogens is 2. The molecule has 2 aromatic rings. The van der Waals surface area contributed by atoms with Crippen LogP contribution >= 0.6 is 0 Å². The second-order valence-corrected chi connectivity index (χ2v) is 3.84. The van der Waals surface area contributed by atoms with Gasteiger partial charge >= 0.3 is 0 Å². The SMILES string of the molecule is Cc1cnc2c(ccn2C2COC2)c1. The minimum Gasteiger partial charge on any atom is -0.377 e. The monoisotopic (exact) mass is 188 g/mol. The van der Waals surface area contributed by atoms with E-state index in [0.29, 0.717) is 6.04 Å². The molecule has 0 N–H and O–H groups in total. The van der Waals surface area contributed by atoms with Crippen LogP contribution in [0.3, 0.4) is 0 Å². The molecule has 14 heavy (non-hydrogen) atoms. The first-order chi connectivity index (χ1) is 6.84. The summed E-state index contributed by atoms with van der Waals surface area (Å²) in [7, 11) is 0. The van der Waals surface area contributed by atoms with Crippen molar-refractivity contribution in [1.29, 1.82) is 0 Å². The number of hydrogen-bond donors (Lipinski definition) is 0. The fourth-order valence-electron chi connectivity index (χ4n) is 1.83. The van der Waals surface area contributed by atoms with Gasteiger partial charge in [0.05, 0.1) is 19.3 Å². The van der Waals surface area contributed by atoms with Gasteiger partial charge in [-0.1, -0.05) is 0 Å². The van der Waals surface area contributed by atoms with E-state index in [1.165, 1.54) is 10.9 Å². The van der Waals surface area contributed by atoms with Gasteiger partial charge < -0.3 is 9.30 Å². The van der Waals surface area contributed by atoms with Gasteiger partial charge in [0.15, 0.2) is 0 Å². The first-order valence-electron chi connectivity index (χ1n) is 4.85. The molecule has 1 fully saturated rings. The van der Waals surface area contributed by atoms with Gasteiger partial charge in [-0.2, -0.15) is 0 Å². The number of ether oxygens (including phenoxy) is 1. The highest BCUT2D eigenvalue weighted by Gasteiger charge is 2.21. The predicted molar refractivity (Wildman–Crippen MR) is 54.3 cm³/mol. The van der Waals surface area contributed by atoms with Crippen LogP contribution in [0, 0.1) is 6.92 Å². The van der Waals surface area contributed by atoms with Crippen molar-refractivity contribution in [3.8, 4) is 0 Å².